The summed E-state index contributed by atoms with van der Waals surface area (Å²) in [6, 6.07) is 6.56. The first kappa shape index (κ1) is 14.0. The topological polar surface area (TPSA) is 37.4 Å². The minimum Gasteiger partial charge on any atom is -0.225 e. The number of nitrogens with zero attached hydrogens (tertiary/aromatic N) is 2. The van der Waals surface area contributed by atoms with Crippen LogP contribution in [0.4, 0.5) is 10.5 Å². The lowest BCUT2D eigenvalue weighted by molar-refractivity contribution is -0.748. The molecule has 4 nitrogen and oxygen atoms in total. The Morgan fingerprint density at radius 2 is 1.95 bits per heavy atom. The van der Waals surface area contributed by atoms with Gasteiger partial charge in [-0.3, -0.25) is 0 Å². The summed E-state index contributed by atoms with van der Waals surface area (Å²) in [6.07, 6.45) is 0.915. The molecule has 1 aromatic rings. The smallest absolute Gasteiger partial charge is 0.225 e. The number of para-hydroxylation sites is 1. The van der Waals surface area contributed by atoms with Gasteiger partial charge in [-0.1, -0.05) is 26.0 Å². The van der Waals surface area contributed by atoms with E-state index in [-0.39, 0.29) is 22.3 Å². The monoisotopic (exact) mass is 281 g/mol. The third-order valence-corrected chi connectivity index (χ3v) is 4.08. The van der Waals surface area contributed by atoms with Crippen LogP contribution in [0.3, 0.4) is 0 Å². The van der Waals surface area contributed by atoms with Gasteiger partial charge in [0.1, 0.15) is 5.56 Å². The highest BCUT2D eigenvalue weighted by Crippen LogP contribution is 2.34. The Kier molecular flexibility index (Phi) is 3.65. The lowest BCUT2D eigenvalue weighted by Gasteiger charge is -2.37. The van der Waals surface area contributed by atoms with E-state index >= 15 is 0 Å². The van der Waals surface area contributed by atoms with Gasteiger partial charge in [0.15, 0.2) is 0 Å². The summed E-state index contributed by atoms with van der Waals surface area (Å²) in [5.74, 6) is 0.0889. The average Bonchev–Trinajstić information content (AvgIpc) is 2.43. The fourth-order valence-electron chi connectivity index (χ4n) is 2.39. The van der Waals surface area contributed by atoms with E-state index in [2.05, 4.69) is 0 Å². The predicted octanol–water partition coefficient (Wildman–Crippen LogP) is 3.41. The zero-order valence-corrected chi connectivity index (χ0v) is 12.1. The van der Waals surface area contributed by atoms with Crippen LogP contribution in [0, 0.1) is 5.92 Å². The van der Waals surface area contributed by atoms with Gasteiger partial charge in [0.05, 0.1) is 19.3 Å². The quantitative estimate of drug-likeness (QED) is 0.629. The molecule has 0 bridgehead atoms. The van der Waals surface area contributed by atoms with Gasteiger partial charge in [-0.25, -0.2) is 9.59 Å². The molecule has 1 aliphatic rings. The van der Waals surface area contributed by atoms with E-state index in [0.717, 1.165) is 10.8 Å². The first-order valence-electron chi connectivity index (χ1n) is 6.41. The molecule has 19 heavy (non-hydrogen) atoms. The maximum Gasteiger partial charge on any atom is 0.445 e. The Balaban J connectivity index is 2.49. The van der Waals surface area contributed by atoms with Crippen LogP contribution in [0.1, 0.15) is 30.6 Å². The van der Waals surface area contributed by atoms with Crippen LogP contribution in [0.2, 0.25) is 0 Å². The number of imide groups is 1. The van der Waals surface area contributed by atoms with Crippen molar-refractivity contribution >= 4 is 29.4 Å². The molecule has 5 heteroatoms. The van der Waals surface area contributed by atoms with Crippen molar-refractivity contribution in [3.63, 3.8) is 0 Å². The van der Waals surface area contributed by atoms with E-state index < -0.39 is 0 Å². The lowest BCUT2D eigenvalue weighted by Crippen LogP contribution is -2.62. The molecule has 0 aromatic heterocycles. The highest BCUT2D eigenvalue weighted by atomic mass is 35.5. The largest absolute Gasteiger partial charge is 0.445 e. The number of rotatable bonds is 3. The summed E-state index contributed by atoms with van der Waals surface area (Å²) in [6.45, 7) is 4.54. The summed E-state index contributed by atoms with van der Waals surface area (Å²) in [5.41, 5.74) is 0.974. The molecule has 0 aliphatic carbocycles. The molecule has 2 atom stereocenters. The first-order chi connectivity index (χ1) is 8.91. The fraction of sp³-hybridized carbons (Fsp3) is 0.429. The molecule has 1 aliphatic heterocycles. The summed E-state index contributed by atoms with van der Waals surface area (Å²) in [7, 11) is 1.64. The second-order valence-electron chi connectivity index (χ2n) is 5.27. The number of halogens is 1. The van der Waals surface area contributed by atoms with Gasteiger partial charge >= 0.3 is 11.9 Å². The van der Waals surface area contributed by atoms with Crippen molar-refractivity contribution in [1.82, 2.24) is 0 Å². The van der Waals surface area contributed by atoms with E-state index in [4.69, 9.17) is 11.8 Å². The molecule has 0 saturated heterocycles. The zero-order valence-electron chi connectivity index (χ0n) is 11.4. The molecular formula is C14H18ClN2O2+. The summed E-state index contributed by atoms with van der Waals surface area (Å²) >= 11 is 6.09. The molecule has 2 unspecified atom stereocenters. The Labute approximate surface area is 118 Å². The van der Waals surface area contributed by atoms with Gasteiger partial charge in [0.25, 0.3) is 0 Å². The molecule has 0 N–H and O–H groups in total. The lowest BCUT2D eigenvalue weighted by atomic mass is 10.0. The van der Waals surface area contributed by atoms with Gasteiger partial charge in [0, 0.05) is 17.7 Å². The van der Waals surface area contributed by atoms with Crippen LogP contribution < -0.4 is 4.42 Å². The van der Waals surface area contributed by atoms with Crippen molar-refractivity contribution in [2.75, 3.05) is 18.0 Å². The van der Waals surface area contributed by atoms with E-state index in [1.54, 1.807) is 31.3 Å². The normalized spacial score (nSPS) is 24.3. The third-order valence-electron chi connectivity index (χ3n) is 3.76. The number of carbonyl (C=O) groups is 2. The number of anilines is 1. The highest BCUT2D eigenvalue weighted by molar-refractivity contribution is 6.38. The molecule has 2 rings (SSSR count). The standard InChI is InChI=1S/C14H18ClN2O2/c1-4-10(2)9-17(3)13(18)11-7-5-6-8-12(11)16(15)14(17)19/h5-8,10H,4,9H2,1-3H3/q+1. The van der Waals surface area contributed by atoms with Crippen molar-refractivity contribution < 1.29 is 14.1 Å². The van der Waals surface area contributed by atoms with Gasteiger partial charge in [-0.2, -0.15) is 8.90 Å². The Morgan fingerprint density at radius 3 is 2.58 bits per heavy atom. The van der Waals surface area contributed by atoms with Crippen LogP contribution in [0.5, 0.6) is 0 Å². The van der Waals surface area contributed by atoms with Gasteiger partial charge in [-0.15, -0.1) is 0 Å². The van der Waals surface area contributed by atoms with Crippen LogP contribution in [0.15, 0.2) is 24.3 Å². The Bertz CT molecular complexity index is 532. The molecule has 0 spiro atoms. The predicted molar refractivity (Wildman–Crippen MR) is 75.0 cm³/mol. The van der Waals surface area contributed by atoms with Crippen molar-refractivity contribution in [3.8, 4) is 0 Å². The Morgan fingerprint density at radius 1 is 1.32 bits per heavy atom. The SMILES string of the molecule is CCC(C)C[N+]1(C)C(=O)c2ccccc2N(Cl)C1=O. The number of benzene rings is 1. The maximum atomic E-state index is 12.6. The summed E-state index contributed by atoms with van der Waals surface area (Å²) in [5, 5.41) is 0. The highest BCUT2D eigenvalue weighted by Gasteiger charge is 2.50. The molecule has 0 fully saturated rings. The molecule has 0 saturated carbocycles. The number of fused-ring (bicyclic) bond motifs is 1. The van der Waals surface area contributed by atoms with E-state index in [1.807, 2.05) is 13.8 Å². The second kappa shape index (κ2) is 4.94. The molecule has 1 heterocycles. The number of hydrogen-bond donors (Lipinski definition) is 0. The average molecular weight is 282 g/mol. The molecule has 1 aromatic carbocycles. The van der Waals surface area contributed by atoms with Gasteiger partial charge in [0.2, 0.25) is 0 Å². The van der Waals surface area contributed by atoms with Crippen molar-refractivity contribution in [2.45, 2.75) is 20.3 Å². The van der Waals surface area contributed by atoms with Crippen molar-refractivity contribution in [1.29, 1.82) is 0 Å². The Hall–Kier alpha value is -1.39. The molecule has 3 amide bonds. The maximum absolute atomic E-state index is 12.6. The fourth-order valence-corrected chi connectivity index (χ4v) is 2.70. The molecular weight excluding hydrogens is 264 g/mol. The van der Waals surface area contributed by atoms with Crippen LogP contribution in [0.25, 0.3) is 0 Å². The van der Waals surface area contributed by atoms with Gasteiger partial charge in [-0.05, 0) is 18.6 Å². The van der Waals surface area contributed by atoms with Crippen molar-refractivity contribution in [2.24, 2.45) is 5.92 Å². The third kappa shape index (κ3) is 2.15. The van der Waals surface area contributed by atoms with Crippen LogP contribution >= 0.6 is 11.8 Å². The number of quaternary nitrogens is 1. The van der Waals surface area contributed by atoms with E-state index in [1.165, 1.54) is 0 Å². The molecule has 102 valence electrons. The number of amides is 3. The summed E-state index contributed by atoms with van der Waals surface area (Å²) < 4.78 is 0.772. The van der Waals surface area contributed by atoms with Gasteiger partial charge < -0.3 is 0 Å². The van der Waals surface area contributed by atoms with E-state index in [0.29, 0.717) is 17.8 Å². The minimum absolute atomic E-state index is 0.183. The van der Waals surface area contributed by atoms with Crippen LogP contribution in [-0.4, -0.2) is 30.0 Å². The van der Waals surface area contributed by atoms with Crippen LogP contribution in [-0.2, 0) is 0 Å². The first-order valence-corrected chi connectivity index (χ1v) is 6.75. The second-order valence-corrected chi connectivity index (χ2v) is 5.61. The molecule has 0 radical (unpaired) electrons. The zero-order chi connectivity index (χ0) is 14.2. The number of urea groups is 1. The van der Waals surface area contributed by atoms with Crippen molar-refractivity contribution in [3.05, 3.63) is 29.8 Å². The number of hydrogen-bond acceptors (Lipinski definition) is 2. The van der Waals surface area contributed by atoms with E-state index in [9.17, 15) is 9.59 Å². The summed E-state index contributed by atoms with van der Waals surface area (Å²) in [4.78, 5) is 25.0. The number of carbonyl (C=O) groups excluding carboxylic acids is 2. The minimum atomic E-state index is -0.384.